The maximum Gasteiger partial charge on any atom is 0.433 e. The molecule has 1 aliphatic rings. The number of aliphatic hydroxyl groups excluding tert-OH is 1. The lowest BCUT2D eigenvalue weighted by Gasteiger charge is -2.34. The van der Waals surface area contributed by atoms with Gasteiger partial charge in [-0.25, -0.2) is 9.78 Å². The van der Waals surface area contributed by atoms with E-state index < -0.39 is 41.8 Å². The van der Waals surface area contributed by atoms with Gasteiger partial charge in [-0.3, -0.25) is 0 Å². The van der Waals surface area contributed by atoms with Crippen molar-refractivity contribution in [2.45, 2.75) is 70.6 Å². The van der Waals surface area contributed by atoms with Crippen molar-refractivity contribution in [3.8, 4) is 0 Å². The molecule has 6 nitrogen and oxygen atoms in total. The van der Waals surface area contributed by atoms with Gasteiger partial charge in [-0.05, 0) is 52.2 Å². The number of nitrogens with one attached hydrogen (secondary N) is 1. The van der Waals surface area contributed by atoms with Gasteiger partial charge in [-0.2, -0.15) is 13.2 Å². The van der Waals surface area contributed by atoms with Crippen LogP contribution in [0.15, 0.2) is 12.1 Å². The number of fused-ring (bicyclic) bond motifs is 1. The summed E-state index contributed by atoms with van der Waals surface area (Å²) in [6.07, 6.45) is -5.84. The smallest absolute Gasteiger partial charge is 0.433 e. The highest BCUT2D eigenvalue weighted by atomic mass is 19.4. The highest BCUT2D eigenvalue weighted by molar-refractivity contribution is 5.68. The van der Waals surface area contributed by atoms with Crippen LogP contribution in [0.4, 0.5) is 18.0 Å². The van der Waals surface area contributed by atoms with Gasteiger partial charge in [-0.15, -0.1) is 0 Å². The molecule has 2 rings (SSSR count). The third-order valence-electron chi connectivity index (χ3n) is 3.90. The molecule has 0 unspecified atom stereocenters. The van der Waals surface area contributed by atoms with Gasteiger partial charge >= 0.3 is 12.3 Å². The SMILES string of the molecule is C[C@H](O)CO[C@@H]1CCc2nc(C(F)(F)F)ccc2[C@@H]1NC(=O)OC(C)(C)C. The van der Waals surface area contributed by atoms with Crippen molar-refractivity contribution in [3.63, 3.8) is 0 Å². The Morgan fingerprint density at radius 1 is 1.37 bits per heavy atom. The molecule has 1 heterocycles. The fourth-order valence-corrected chi connectivity index (χ4v) is 2.85. The highest BCUT2D eigenvalue weighted by Gasteiger charge is 2.37. The third kappa shape index (κ3) is 6.07. The third-order valence-corrected chi connectivity index (χ3v) is 3.90. The zero-order chi connectivity index (χ0) is 20.4. The number of rotatable bonds is 4. The van der Waals surface area contributed by atoms with Gasteiger partial charge in [0.1, 0.15) is 11.3 Å². The van der Waals surface area contributed by atoms with E-state index >= 15 is 0 Å². The van der Waals surface area contributed by atoms with Crippen molar-refractivity contribution in [2.75, 3.05) is 6.61 Å². The van der Waals surface area contributed by atoms with Gasteiger partial charge in [0.05, 0.1) is 24.9 Å². The monoisotopic (exact) mass is 390 g/mol. The number of pyridine rings is 1. The molecule has 27 heavy (non-hydrogen) atoms. The summed E-state index contributed by atoms with van der Waals surface area (Å²) in [5.74, 6) is 0. The molecule has 0 spiro atoms. The van der Waals surface area contributed by atoms with Crippen LogP contribution < -0.4 is 5.32 Å². The zero-order valence-electron chi connectivity index (χ0n) is 15.8. The fourth-order valence-electron chi connectivity index (χ4n) is 2.85. The summed E-state index contributed by atoms with van der Waals surface area (Å²) < 4.78 is 49.7. The Morgan fingerprint density at radius 3 is 2.59 bits per heavy atom. The van der Waals surface area contributed by atoms with Crippen LogP contribution in [-0.4, -0.2) is 40.6 Å². The van der Waals surface area contributed by atoms with E-state index in [1.807, 2.05) is 0 Å². The Hall–Kier alpha value is -1.87. The van der Waals surface area contributed by atoms with Crippen molar-refractivity contribution >= 4 is 6.09 Å². The molecule has 9 heteroatoms. The molecule has 3 atom stereocenters. The van der Waals surface area contributed by atoms with E-state index in [1.54, 1.807) is 27.7 Å². The summed E-state index contributed by atoms with van der Waals surface area (Å²) >= 11 is 0. The Labute approximate surface area is 156 Å². The molecule has 0 aromatic carbocycles. The van der Waals surface area contributed by atoms with Crippen molar-refractivity contribution in [1.29, 1.82) is 0 Å². The van der Waals surface area contributed by atoms with Crippen LogP contribution in [0.3, 0.4) is 0 Å². The zero-order valence-corrected chi connectivity index (χ0v) is 15.8. The Morgan fingerprint density at radius 2 is 2.04 bits per heavy atom. The summed E-state index contributed by atoms with van der Waals surface area (Å²) in [6.45, 7) is 6.73. The first kappa shape index (κ1) is 21.4. The van der Waals surface area contributed by atoms with E-state index in [0.29, 0.717) is 12.0 Å². The first-order valence-electron chi connectivity index (χ1n) is 8.73. The van der Waals surface area contributed by atoms with Crippen LogP contribution in [0.2, 0.25) is 0 Å². The summed E-state index contributed by atoms with van der Waals surface area (Å²) in [6, 6.07) is 1.47. The Kier molecular flexibility index (Phi) is 6.36. The maximum absolute atomic E-state index is 12.9. The van der Waals surface area contributed by atoms with Gasteiger partial charge in [0, 0.05) is 5.69 Å². The molecule has 1 aliphatic carbocycles. The standard InChI is InChI=1S/C18H25F3N2O4/c1-10(24)9-26-13-7-6-12-11(5-8-14(22-12)18(19,20)21)15(13)23-16(25)27-17(2,3)4/h5,8,10,13,15,24H,6-7,9H2,1-4H3,(H,23,25)/t10-,13+,15-/m0/s1. The van der Waals surface area contributed by atoms with E-state index in [4.69, 9.17) is 9.47 Å². The topological polar surface area (TPSA) is 80.7 Å². The van der Waals surface area contributed by atoms with E-state index in [0.717, 1.165) is 6.07 Å². The molecule has 152 valence electrons. The van der Waals surface area contributed by atoms with Crippen LogP contribution in [0, 0.1) is 0 Å². The second-order valence-electron chi connectivity index (χ2n) is 7.61. The molecule has 0 bridgehead atoms. The number of aryl methyl sites for hydroxylation is 1. The first-order valence-corrected chi connectivity index (χ1v) is 8.73. The number of halogens is 3. The molecule has 0 saturated carbocycles. The van der Waals surface area contributed by atoms with E-state index in [-0.39, 0.29) is 18.7 Å². The summed E-state index contributed by atoms with van der Waals surface area (Å²) in [4.78, 5) is 15.9. The van der Waals surface area contributed by atoms with Crippen molar-refractivity contribution in [1.82, 2.24) is 10.3 Å². The number of hydrogen-bond donors (Lipinski definition) is 2. The normalized spacial score (nSPS) is 21.3. The lowest BCUT2D eigenvalue weighted by molar-refractivity contribution is -0.141. The largest absolute Gasteiger partial charge is 0.444 e. The van der Waals surface area contributed by atoms with Gasteiger partial charge in [-0.1, -0.05) is 6.07 Å². The molecule has 1 amide bonds. The number of amides is 1. The number of ether oxygens (including phenoxy) is 2. The molecule has 1 aromatic heterocycles. The maximum atomic E-state index is 12.9. The molecule has 2 N–H and O–H groups in total. The Bertz CT molecular complexity index is 672. The van der Waals surface area contributed by atoms with Gasteiger partial charge in [0.2, 0.25) is 0 Å². The second kappa shape index (κ2) is 8.02. The fraction of sp³-hybridized carbons (Fsp3) is 0.667. The average molecular weight is 390 g/mol. The average Bonchev–Trinajstić information content (AvgIpc) is 2.50. The van der Waals surface area contributed by atoms with Crippen molar-refractivity contribution in [2.24, 2.45) is 0 Å². The number of aliphatic hydroxyl groups is 1. The first-order chi connectivity index (χ1) is 12.4. The number of alkyl halides is 3. The summed E-state index contributed by atoms with van der Waals surface area (Å²) in [5.41, 5.74) is -0.977. The van der Waals surface area contributed by atoms with Crippen LogP contribution in [0.1, 0.15) is 57.1 Å². The lowest BCUT2D eigenvalue weighted by Crippen LogP contribution is -2.43. The molecular formula is C18H25F3N2O4. The number of nitrogens with zero attached hydrogens (tertiary/aromatic N) is 1. The molecular weight excluding hydrogens is 365 g/mol. The highest BCUT2D eigenvalue weighted by Crippen LogP contribution is 2.35. The van der Waals surface area contributed by atoms with Crippen molar-refractivity contribution < 1.29 is 32.5 Å². The number of alkyl carbamates (subject to hydrolysis) is 1. The van der Waals surface area contributed by atoms with Crippen LogP contribution >= 0.6 is 0 Å². The van der Waals surface area contributed by atoms with Crippen LogP contribution in [0.5, 0.6) is 0 Å². The number of hydrogen-bond acceptors (Lipinski definition) is 5. The number of carbonyl (C=O) groups excluding carboxylic acids is 1. The molecule has 0 radical (unpaired) electrons. The number of carbonyl (C=O) groups is 1. The van der Waals surface area contributed by atoms with Crippen LogP contribution in [-0.2, 0) is 22.1 Å². The quantitative estimate of drug-likeness (QED) is 0.824. The van der Waals surface area contributed by atoms with Gasteiger partial charge < -0.3 is 19.9 Å². The molecule has 0 aliphatic heterocycles. The summed E-state index contributed by atoms with van der Waals surface area (Å²) in [7, 11) is 0. The minimum absolute atomic E-state index is 0.0422. The van der Waals surface area contributed by atoms with E-state index in [1.165, 1.54) is 6.07 Å². The molecule has 0 saturated heterocycles. The second-order valence-corrected chi connectivity index (χ2v) is 7.61. The van der Waals surface area contributed by atoms with E-state index in [9.17, 15) is 23.1 Å². The van der Waals surface area contributed by atoms with Crippen molar-refractivity contribution in [3.05, 3.63) is 29.1 Å². The Balaban J connectivity index is 2.29. The summed E-state index contributed by atoms with van der Waals surface area (Å²) in [5, 5.41) is 12.1. The lowest BCUT2D eigenvalue weighted by atomic mass is 9.88. The predicted molar refractivity (Wildman–Crippen MR) is 91.1 cm³/mol. The minimum Gasteiger partial charge on any atom is -0.444 e. The minimum atomic E-state index is -4.54. The van der Waals surface area contributed by atoms with Gasteiger partial charge in [0.25, 0.3) is 0 Å². The predicted octanol–water partition coefficient (Wildman–Crippen LogP) is 3.38. The van der Waals surface area contributed by atoms with Crippen LogP contribution in [0.25, 0.3) is 0 Å². The molecule has 1 aromatic rings. The molecule has 0 fully saturated rings. The van der Waals surface area contributed by atoms with Gasteiger partial charge in [0.15, 0.2) is 0 Å². The number of aromatic nitrogens is 1. The van der Waals surface area contributed by atoms with E-state index in [2.05, 4.69) is 10.3 Å².